The van der Waals surface area contributed by atoms with Crippen molar-refractivity contribution in [1.82, 2.24) is 9.88 Å². The minimum Gasteiger partial charge on any atom is -0.494 e. The van der Waals surface area contributed by atoms with Crippen molar-refractivity contribution >= 4 is 28.5 Å². The zero-order valence-corrected chi connectivity index (χ0v) is 17.9. The molecule has 0 radical (unpaired) electrons. The summed E-state index contributed by atoms with van der Waals surface area (Å²) in [5.74, 6) is -0.000882. The predicted molar refractivity (Wildman–Crippen MR) is 119 cm³/mol. The smallest absolute Gasteiger partial charge is 0.356 e. The molecule has 2 heterocycles. The monoisotopic (exact) mass is 421 g/mol. The minimum absolute atomic E-state index is 0.173. The number of benzene rings is 2. The topological polar surface area (TPSA) is 83.7 Å². The van der Waals surface area contributed by atoms with Crippen LogP contribution in [0, 0.1) is 0 Å². The second kappa shape index (κ2) is 9.22. The van der Waals surface area contributed by atoms with Crippen molar-refractivity contribution in [3.63, 3.8) is 0 Å². The molecule has 0 bridgehead atoms. The maximum absolute atomic E-state index is 12.9. The molecule has 4 rings (SSSR count). The summed E-state index contributed by atoms with van der Waals surface area (Å²) in [6.07, 6.45) is 0.919. The molecule has 2 aromatic carbocycles. The van der Waals surface area contributed by atoms with E-state index < -0.39 is 5.97 Å². The molecule has 1 aliphatic heterocycles. The van der Waals surface area contributed by atoms with Crippen LogP contribution in [0.15, 0.2) is 42.5 Å². The molecule has 3 aromatic rings. The Morgan fingerprint density at radius 1 is 1.10 bits per heavy atom. The van der Waals surface area contributed by atoms with Gasteiger partial charge >= 0.3 is 5.97 Å². The van der Waals surface area contributed by atoms with Gasteiger partial charge in [0, 0.05) is 24.0 Å². The number of hydrogen-bond donors (Lipinski definition) is 2. The van der Waals surface area contributed by atoms with Crippen LogP contribution in [-0.2, 0) is 22.5 Å². The van der Waals surface area contributed by atoms with Gasteiger partial charge in [-0.05, 0) is 49.6 Å². The standard InChI is InChI=1S/C24H27N3O4/c1-3-30-18-9-10-20-19(13-18)22(23(25-20)24(29)31-4-2)26-21(28)15-27-12-11-16-7-5-6-8-17(16)14-27/h5-10,13,25H,3-4,11-12,14-15H2,1-2H3,(H,26,28). The highest BCUT2D eigenvalue weighted by atomic mass is 16.5. The van der Waals surface area contributed by atoms with Gasteiger partial charge in [0.25, 0.3) is 0 Å². The second-order valence-electron chi connectivity index (χ2n) is 7.51. The molecule has 0 saturated carbocycles. The van der Waals surface area contributed by atoms with E-state index in [0.717, 1.165) is 25.0 Å². The predicted octanol–water partition coefficient (Wildman–Crippen LogP) is 3.74. The fraction of sp³-hybridized carbons (Fsp3) is 0.333. The summed E-state index contributed by atoms with van der Waals surface area (Å²) in [4.78, 5) is 30.6. The van der Waals surface area contributed by atoms with E-state index in [1.807, 2.05) is 37.3 Å². The zero-order valence-electron chi connectivity index (χ0n) is 17.9. The Balaban J connectivity index is 1.57. The van der Waals surface area contributed by atoms with Crippen LogP contribution in [0.2, 0.25) is 0 Å². The Morgan fingerprint density at radius 2 is 1.90 bits per heavy atom. The van der Waals surface area contributed by atoms with Crippen LogP contribution in [0.25, 0.3) is 10.9 Å². The normalized spacial score (nSPS) is 13.6. The third kappa shape index (κ3) is 4.56. The van der Waals surface area contributed by atoms with Gasteiger partial charge in [0.05, 0.1) is 25.4 Å². The molecule has 0 unspecified atom stereocenters. The first kappa shape index (κ1) is 20.9. The summed E-state index contributed by atoms with van der Waals surface area (Å²) < 4.78 is 10.8. The van der Waals surface area contributed by atoms with Gasteiger partial charge in [-0.15, -0.1) is 0 Å². The van der Waals surface area contributed by atoms with Crippen molar-refractivity contribution in [3.05, 3.63) is 59.3 Å². The van der Waals surface area contributed by atoms with E-state index in [1.54, 1.807) is 6.92 Å². The Morgan fingerprint density at radius 3 is 2.68 bits per heavy atom. The summed E-state index contributed by atoms with van der Waals surface area (Å²) >= 11 is 0. The van der Waals surface area contributed by atoms with Crippen LogP contribution in [0.4, 0.5) is 5.69 Å². The van der Waals surface area contributed by atoms with E-state index in [4.69, 9.17) is 9.47 Å². The summed E-state index contributed by atoms with van der Waals surface area (Å²) in [5.41, 5.74) is 3.99. The van der Waals surface area contributed by atoms with Crippen LogP contribution < -0.4 is 10.1 Å². The summed E-state index contributed by atoms with van der Waals surface area (Å²) in [6.45, 7) is 6.23. The fourth-order valence-electron chi connectivity index (χ4n) is 3.98. The van der Waals surface area contributed by atoms with Crippen molar-refractivity contribution in [3.8, 4) is 5.75 Å². The molecule has 1 aliphatic rings. The first-order chi connectivity index (χ1) is 15.1. The van der Waals surface area contributed by atoms with Crippen molar-refractivity contribution in [2.75, 3.05) is 31.6 Å². The number of aromatic nitrogens is 1. The summed E-state index contributed by atoms with van der Waals surface area (Å²) in [5, 5.41) is 3.66. The van der Waals surface area contributed by atoms with Crippen LogP contribution in [0.1, 0.15) is 35.5 Å². The number of anilines is 1. The number of carbonyl (C=O) groups is 2. The fourth-order valence-corrected chi connectivity index (χ4v) is 3.98. The maximum Gasteiger partial charge on any atom is 0.356 e. The number of carbonyl (C=O) groups excluding carboxylic acids is 2. The molecule has 2 N–H and O–H groups in total. The second-order valence-corrected chi connectivity index (χ2v) is 7.51. The molecule has 0 spiro atoms. The van der Waals surface area contributed by atoms with Gasteiger partial charge in [-0.2, -0.15) is 0 Å². The van der Waals surface area contributed by atoms with E-state index in [0.29, 0.717) is 23.4 Å². The Hall–Kier alpha value is -3.32. The van der Waals surface area contributed by atoms with Gasteiger partial charge in [0.15, 0.2) is 0 Å². The van der Waals surface area contributed by atoms with Crippen LogP contribution >= 0.6 is 0 Å². The number of fused-ring (bicyclic) bond motifs is 2. The molecule has 7 nitrogen and oxygen atoms in total. The molecule has 0 atom stereocenters. The first-order valence-corrected chi connectivity index (χ1v) is 10.6. The zero-order chi connectivity index (χ0) is 21.8. The number of H-pyrrole nitrogens is 1. The average Bonchev–Trinajstić information content (AvgIpc) is 3.12. The largest absolute Gasteiger partial charge is 0.494 e. The highest BCUT2D eigenvalue weighted by molar-refractivity contribution is 6.11. The van der Waals surface area contributed by atoms with E-state index >= 15 is 0 Å². The van der Waals surface area contributed by atoms with Gasteiger partial charge in [-0.1, -0.05) is 24.3 Å². The number of nitrogens with one attached hydrogen (secondary N) is 2. The van der Waals surface area contributed by atoms with Crippen molar-refractivity contribution in [2.24, 2.45) is 0 Å². The molecule has 0 aliphatic carbocycles. The number of esters is 1. The molecular formula is C24H27N3O4. The van der Waals surface area contributed by atoms with Gasteiger partial charge in [-0.3, -0.25) is 9.69 Å². The third-order valence-electron chi connectivity index (χ3n) is 5.40. The number of hydrogen-bond acceptors (Lipinski definition) is 5. The van der Waals surface area contributed by atoms with E-state index in [9.17, 15) is 9.59 Å². The van der Waals surface area contributed by atoms with Gasteiger partial charge in [0.2, 0.25) is 5.91 Å². The lowest BCUT2D eigenvalue weighted by molar-refractivity contribution is -0.117. The van der Waals surface area contributed by atoms with Gasteiger partial charge in [0.1, 0.15) is 11.4 Å². The van der Waals surface area contributed by atoms with E-state index in [2.05, 4.69) is 27.3 Å². The number of rotatable bonds is 7. The molecule has 31 heavy (non-hydrogen) atoms. The number of amides is 1. The number of nitrogens with zero attached hydrogens (tertiary/aromatic N) is 1. The van der Waals surface area contributed by atoms with Crippen LogP contribution in [-0.4, -0.2) is 48.1 Å². The molecule has 0 fully saturated rings. The highest BCUT2D eigenvalue weighted by Crippen LogP contribution is 2.32. The van der Waals surface area contributed by atoms with Crippen molar-refractivity contribution in [1.29, 1.82) is 0 Å². The lowest BCUT2D eigenvalue weighted by Gasteiger charge is -2.28. The Bertz CT molecular complexity index is 1110. The Labute approximate surface area is 181 Å². The quantitative estimate of drug-likeness (QED) is 0.568. The van der Waals surface area contributed by atoms with Crippen molar-refractivity contribution < 1.29 is 19.1 Å². The van der Waals surface area contributed by atoms with Crippen LogP contribution in [0.5, 0.6) is 5.75 Å². The molecule has 162 valence electrons. The first-order valence-electron chi connectivity index (χ1n) is 10.6. The molecular weight excluding hydrogens is 394 g/mol. The Kier molecular flexibility index (Phi) is 6.23. The molecule has 1 amide bonds. The SMILES string of the molecule is CCOC(=O)c1[nH]c2ccc(OCC)cc2c1NC(=O)CN1CCc2ccccc2C1. The average molecular weight is 421 g/mol. The van der Waals surface area contributed by atoms with Crippen molar-refractivity contribution in [2.45, 2.75) is 26.8 Å². The molecule has 7 heteroatoms. The minimum atomic E-state index is -0.501. The number of aromatic amines is 1. The summed E-state index contributed by atoms with van der Waals surface area (Å²) in [7, 11) is 0. The van der Waals surface area contributed by atoms with Gasteiger partial charge < -0.3 is 19.8 Å². The third-order valence-corrected chi connectivity index (χ3v) is 5.40. The lowest BCUT2D eigenvalue weighted by atomic mass is 10.00. The molecule has 0 saturated heterocycles. The number of ether oxygens (including phenoxy) is 2. The summed E-state index contributed by atoms with van der Waals surface area (Å²) in [6, 6.07) is 13.8. The van der Waals surface area contributed by atoms with Crippen LogP contribution in [0.3, 0.4) is 0 Å². The highest BCUT2D eigenvalue weighted by Gasteiger charge is 2.23. The maximum atomic E-state index is 12.9. The molecule has 1 aromatic heterocycles. The van der Waals surface area contributed by atoms with Gasteiger partial charge in [-0.25, -0.2) is 4.79 Å². The lowest BCUT2D eigenvalue weighted by Crippen LogP contribution is -2.37. The van der Waals surface area contributed by atoms with E-state index in [-0.39, 0.29) is 24.8 Å². The van der Waals surface area contributed by atoms with E-state index in [1.165, 1.54) is 11.1 Å².